The van der Waals surface area contributed by atoms with Crippen LogP contribution in [0.2, 0.25) is 0 Å². The minimum absolute atomic E-state index is 0.0658. The van der Waals surface area contributed by atoms with Crippen molar-refractivity contribution in [2.45, 2.75) is 12.5 Å². The van der Waals surface area contributed by atoms with Crippen LogP contribution in [0.25, 0.3) is 0 Å². The molecule has 6 heteroatoms. The maximum atomic E-state index is 10.3. The fourth-order valence-corrected chi connectivity index (χ4v) is 1.52. The summed E-state index contributed by atoms with van der Waals surface area (Å²) in [6.45, 7) is 0. The summed E-state index contributed by atoms with van der Waals surface area (Å²) >= 11 is 1.22. The maximum absolute atomic E-state index is 10.3. The molecule has 0 saturated carbocycles. The average Bonchev–Trinajstić information content (AvgIpc) is 2.52. The highest BCUT2D eigenvalue weighted by atomic mass is 32.1. The Kier molecular flexibility index (Phi) is 3.21. The number of nitrogens with zero attached hydrogens (tertiary/aromatic N) is 1. The summed E-state index contributed by atoms with van der Waals surface area (Å²) in [6, 6.07) is 0. The topological polar surface area (TPSA) is 79.7 Å². The van der Waals surface area contributed by atoms with Gasteiger partial charge in [0.15, 0.2) is 6.10 Å². The summed E-state index contributed by atoms with van der Waals surface area (Å²) in [6.07, 6.45) is 0.191. The molecular weight excluding hydrogens is 194 g/mol. The molecule has 1 atom stereocenters. The van der Waals surface area contributed by atoms with Crippen molar-refractivity contribution >= 4 is 17.3 Å². The van der Waals surface area contributed by atoms with Crippen molar-refractivity contribution < 1.29 is 19.7 Å². The molecule has 1 heterocycles. The number of methoxy groups -OCH3 is 1. The standard InChI is InChI=1S/C7H9NO4S/c1-12-7-8-3-4(13-7)2-5(9)6(10)11/h3,5,9H,2H2,1H3,(H,10,11). The molecule has 0 aromatic carbocycles. The zero-order chi connectivity index (χ0) is 9.84. The molecule has 0 aliphatic rings. The van der Waals surface area contributed by atoms with E-state index in [1.807, 2.05) is 0 Å². The molecule has 5 nitrogen and oxygen atoms in total. The van der Waals surface area contributed by atoms with Crippen molar-refractivity contribution in [2.24, 2.45) is 0 Å². The van der Waals surface area contributed by atoms with Gasteiger partial charge in [0, 0.05) is 17.5 Å². The van der Waals surface area contributed by atoms with Gasteiger partial charge in [0.1, 0.15) is 0 Å². The molecule has 1 rings (SSSR count). The van der Waals surface area contributed by atoms with Crippen molar-refractivity contribution in [1.82, 2.24) is 4.98 Å². The van der Waals surface area contributed by atoms with Crippen LogP contribution in [-0.4, -0.2) is 34.4 Å². The molecule has 1 unspecified atom stereocenters. The van der Waals surface area contributed by atoms with Crippen molar-refractivity contribution in [3.63, 3.8) is 0 Å². The van der Waals surface area contributed by atoms with Crippen LogP contribution < -0.4 is 4.74 Å². The van der Waals surface area contributed by atoms with Gasteiger partial charge >= 0.3 is 5.97 Å². The number of hydrogen-bond donors (Lipinski definition) is 2. The number of rotatable bonds is 4. The number of aliphatic hydroxyl groups excluding tert-OH is 1. The van der Waals surface area contributed by atoms with Gasteiger partial charge in [-0.2, -0.15) is 0 Å². The molecule has 2 N–H and O–H groups in total. The van der Waals surface area contributed by atoms with E-state index in [0.29, 0.717) is 10.1 Å². The normalized spacial score (nSPS) is 12.5. The summed E-state index contributed by atoms with van der Waals surface area (Å²) in [7, 11) is 1.48. The van der Waals surface area contributed by atoms with Crippen LogP contribution in [0.4, 0.5) is 0 Å². The fourth-order valence-electron chi connectivity index (χ4n) is 0.756. The number of aromatic nitrogens is 1. The Morgan fingerprint density at radius 1 is 1.85 bits per heavy atom. The van der Waals surface area contributed by atoms with Gasteiger partial charge in [-0.25, -0.2) is 9.78 Å². The Bertz CT molecular complexity index is 298. The minimum atomic E-state index is -1.37. The number of carboxylic acid groups (broad SMARTS) is 1. The van der Waals surface area contributed by atoms with E-state index in [0.717, 1.165) is 0 Å². The zero-order valence-electron chi connectivity index (χ0n) is 6.93. The van der Waals surface area contributed by atoms with Crippen LogP contribution in [0.3, 0.4) is 0 Å². The van der Waals surface area contributed by atoms with Gasteiger partial charge in [0.2, 0.25) is 0 Å². The number of aliphatic hydroxyl groups is 1. The molecule has 1 aromatic rings. The second kappa shape index (κ2) is 4.20. The lowest BCUT2D eigenvalue weighted by molar-refractivity contribution is -0.146. The summed E-state index contributed by atoms with van der Waals surface area (Å²) in [4.78, 5) is 14.8. The van der Waals surface area contributed by atoms with Gasteiger partial charge in [-0.1, -0.05) is 11.3 Å². The third-order valence-electron chi connectivity index (χ3n) is 1.39. The quantitative estimate of drug-likeness (QED) is 0.727. The molecule has 0 amide bonds. The average molecular weight is 203 g/mol. The van der Waals surface area contributed by atoms with E-state index >= 15 is 0 Å². The molecule has 0 bridgehead atoms. The molecule has 1 aromatic heterocycles. The van der Waals surface area contributed by atoms with Crippen LogP contribution in [0.15, 0.2) is 6.20 Å². The largest absolute Gasteiger partial charge is 0.479 e. The number of ether oxygens (including phenoxy) is 1. The molecule has 0 aliphatic carbocycles. The Morgan fingerprint density at radius 2 is 2.54 bits per heavy atom. The zero-order valence-corrected chi connectivity index (χ0v) is 7.74. The van der Waals surface area contributed by atoms with E-state index in [4.69, 9.17) is 14.9 Å². The first kappa shape index (κ1) is 9.94. The maximum Gasteiger partial charge on any atom is 0.332 e. The summed E-state index contributed by atoms with van der Waals surface area (Å²) in [5.74, 6) is -1.23. The number of carboxylic acids is 1. The lowest BCUT2D eigenvalue weighted by atomic mass is 10.2. The Hall–Kier alpha value is -1.14. The first-order chi connectivity index (χ1) is 6.13. The van der Waals surface area contributed by atoms with E-state index in [9.17, 15) is 4.79 Å². The van der Waals surface area contributed by atoms with Crippen LogP contribution >= 0.6 is 11.3 Å². The SMILES string of the molecule is COc1ncc(CC(O)C(=O)O)s1. The first-order valence-corrected chi connectivity index (χ1v) is 4.34. The fraction of sp³-hybridized carbons (Fsp3) is 0.429. The van der Waals surface area contributed by atoms with Crippen LogP contribution in [0, 0.1) is 0 Å². The molecule has 0 radical (unpaired) electrons. The van der Waals surface area contributed by atoms with E-state index in [2.05, 4.69) is 4.98 Å². The van der Waals surface area contributed by atoms with Crippen molar-refractivity contribution in [3.8, 4) is 5.19 Å². The highest BCUT2D eigenvalue weighted by Gasteiger charge is 2.15. The lowest BCUT2D eigenvalue weighted by Crippen LogP contribution is -2.21. The number of thiazole rings is 1. The van der Waals surface area contributed by atoms with Gasteiger partial charge in [0.25, 0.3) is 5.19 Å². The van der Waals surface area contributed by atoms with Gasteiger partial charge in [-0.15, -0.1) is 0 Å². The summed E-state index contributed by atoms with van der Waals surface area (Å²) < 4.78 is 4.82. The molecule has 0 saturated heterocycles. The van der Waals surface area contributed by atoms with Gasteiger partial charge in [-0.05, 0) is 0 Å². The molecule has 0 fully saturated rings. The molecule has 0 spiro atoms. The van der Waals surface area contributed by atoms with Crippen LogP contribution in [0.1, 0.15) is 4.88 Å². The Morgan fingerprint density at radius 3 is 3.00 bits per heavy atom. The van der Waals surface area contributed by atoms with Gasteiger partial charge < -0.3 is 14.9 Å². The second-order valence-electron chi connectivity index (χ2n) is 2.35. The minimum Gasteiger partial charge on any atom is -0.479 e. The Balaban J connectivity index is 2.58. The van der Waals surface area contributed by atoms with E-state index in [1.54, 1.807) is 0 Å². The molecule has 0 aliphatic heterocycles. The summed E-state index contributed by atoms with van der Waals surface area (Å²) in [5.41, 5.74) is 0. The van der Waals surface area contributed by atoms with Crippen molar-refractivity contribution in [1.29, 1.82) is 0 Å². The highest BCUT2D eigenvalue weighted by Crippen LogP contribution is 2.20. The predicted molar refractivity (Wildman–Crippen MR) is 46.0 cm³/mol. The number of aliphatic carboxylic acids is 1. The second-order valence-corrected chi connectivity index (χ2v) is 3.43. The van der Waals surface area contributed by atoms with Crippen molar-refractivity contribution in [3.05, 3.63) is 11.1 Å². The van der Waals surface area contributed by atoms with E-state index in [1.165, 1.54) is 24.6 Å². The smallest absolute Gasteiger partial charge is 0.332 e. The number of hydrogen-bond acceptors (Lipinski definition) is 5. The third kappa shape index (κ3) is 2.67. The lowest BCUT2D eigenvalue weighted by Gasteiger charge is -2.00. The van der Waals surface area contributed by atoms with E-state index < -0.39 is 12.1 Å². The monoisotopic (exact) mass is 203 g/mol. The molecular formula is C7H9NO4S. The highest BCUT2D eigenvalue weighted by molar-refractivity contribution is 7.13. The first-order valence-electron chi connectivity index (χ1n) is 3.53. The Labute approximate surface area is 78.6 Å². The van der Waals surface area contributed by atoms with E-state index in [-0.39, 0.29) is 6.42 Å². The third-order valence-corrected chi connectivity index (χ3v) is 2.37. The predicted octanol–water partition coefficient (Wildman–Crippen LogP) is 0.140. The van der Waals surface area contributed by atoms with Crippen LogP contribution in [-0.2, 0) is 11.2 Å². The molecule has 72 valence electrons. The number of carbonyl (C=O) groups is 1. The molecule has 13 heavy (non-hydrogen) atoms. The van der Waals surface area contributed by atoms with Gasteiger partial charge in [0.05, 0.1) is 7.11 Å². The van der Waals surface area contributed by atoms with Crippen molar-refractivity contribution in [2.75, 3.05) is 7.11 Å². The summed E-state index contributed by atoms with van der Waals surface area (Å²) in [5, 5.41) is 17.9. The van der Waals surface area contributed by atoms with Gasteiger partial charge in [-0.3, -0.25) is 0 Å². The van der Waals surface area contributed by atoms with Crippen LogP contribution in [0.5, 0.6) is 5.19 Å².